The highest BCUT2D eigenvalue weighted by molar-refractivity contribution is 5.97. The first-order valence-corrected chi connectivity index (χ1v) is 9.55. The van der Waals surface area contributed by atoms with E-state index in [0.29, 0.717) is 17.2 Å². The highest BCUT2D eigenvalue weighted by Gasteiger charge is 2.26. The molecular weight excluding hydrogens is 402 g/mol. The average molecular weight is 420 g/mol. The van der Waals surface area contributed by atoms with Crippen LogP contribution in [-0.2, 0) is 0 Å². The maximum Gasteiger partial charge on any atom is 0.257 e. The van der Waals surface area contributed by atoms with E-state index in [1.165, 1.54) is 0 Å². The highest BCUT2D eigenvalue weighted by atomic mass is 19.1. The number of hydrogen-bond acceptors (Lipinski definition) is 3. The molecule has 0 spiro atoms. The van der Waals surface area contributed by atoms with Crippen molar-refractivity contribution in [2.45, 2.75) is 12.1 Å². The molecule has 3 N–H and O–H groups in total. The van der Waals surface area contributed by atoms with E-state index in [9.17, 15) is 23.5 Å². The van der Waals surface area contributed by atoms with Gasteiger partial charge < -0.3 is 15.4 Å². The lowest BCUT2D eigenvalue weighted by Crippen LogP contribution is -2.35. The molecule has 0 fully saturated rings. The third kappa shape index (κ3) is 4.08. The van der Waals surface area contributed by atoms with E-state index in [1.807, 2.05) is 0 Å². The van der Waals surface area contributed by atoms with Crippen LogP contribution in [0.1, 0.15) is 33.6 Å². The Labute approximate surface area is 176 Å². The molecule has 2 atom stereocenters. The Balaban J connectivity index is 1.73. The van der Waals surface area contributed by atoms with Crippen LogP contribution in [-0.4, -0.2) is 16.0 Å². The molecule has 0 saturated carbocycles. The number of carbonyl (C=O) groups is 1. The number of rotatable bonds is 5. The summed E-state index contributed by atoms with van der Waals surface area (Å²) in [4.78, 5) is 28.3. The van der Waals surface area contributed by atoms with Gasteiger partial charge in [0.1, 0.15) is 23.3 Å². The summed E-state index contributed by atoms with van der Waals surface area (Å²) in [5.74, 6) is -2.63. The monoisotopic (exact) mass is 420 g/mol. The molecule has 0 saturated heterocycles. The summed E-state index contributed by atoms with van der Waals surface area (Å²) in [5.41, 5.74) is -0.119. The molecule has 7 heteroatoms. The average Bonchev–Trinajstić information content (AvgIpc) is 2.78. The van der Waals surface area contributed by atoms with E-state index < -0.39 is 35.1 Å². The van der Waals surface area contributed by atoms with Crippen LogP contribution in [0, 0.1) is 11.6 Å². The highest BCUT2D eigenvalue weighted by Crippen LogP contribution is 2.29. The fourth-order valence-electron chi connectivity index (χ4n) is 3.49. The predicted molar refractivity (Wildman–Crippen MR) is 113 cm³/mol. The molecule has 156 valence electrons. The van der Waals surface area contributed by atoms with Gasteiger partial charge in [-0.05, 0) is 17.2 Å². The molecule has 31 heavy (non-hydrogen) atoms. The molecule has 1 aromatic heterocycles. The molecule has 3 aromatic carbocycles. The SMILES string of the molecule is O=C(N[C@H](c1ccccc1)[C@@H](O)c1ccccc1)c1c[nH]c2c(F)cc(F)cc2c1=O. The number of amides is 1. The zero-order chi connectivity index (χ0) is 22.0. The Hall–Kier alpha value is -3.84. The Kier molecular flexibility index (Phi) is 5.60. The quantitative estimate of drug-likeness (QED) is 0.456. The van der Waals surface area contributed by atoms with E-state index in [0.717, 1.165) is 12.3 Å². The van der Waals surface area contributed by atoms with Crippen LogP contribution in [0.25, 0.3) is 10.9 Å². The van der Waals surface area contributed by atoms with Crippen LogP contribution >= 0.6 is 0 Å². The van der Waals surface area contributed by atoms with E-state index in [-0.39, 0.29) is 16.5 Å². The summed E-state index contributed by atoms with van der Waals surface area (Å²) < 4.78 is 27.5. The van der Waals surface area contributed by atoms with Crippen LogP contribution < -0.4 is 10.7 Å². The Morgan fingerprint density at radius 3 is 2.19 bits per heavy atom. The van der Waals surface area contributed by atoms with Crippen molar-refractivity contribution in [1.29, 1.82) is 0 Å². The first kappa shape index (κ1) is 20.4. The lowest BCUT2D eigenvalue weighted by atomic mass is 9.95. The van der Waals surface area contributed by atoms with Gasteiger partial charge in [0, 0.05) is 12.3 Å². The molecule has 0 aliphatic rings. The van der Waals surface area contributed by atoms with Gasteiger partial charge in [-0.25, -0.2) is 8.78 Å². The number of fused-ring (bicyclic) bond motifs is 1. The van der Waals surface area contributed by atoms with Gasteiger partial charge in [-0.2, -0.15) is 0 Å². The zero-order valence-electron chi connectivity index (χ0n) is 16.2. The van der Waals surface area contributed by atoms with Crippen molar-refractivity contribution in [1.82, 2.24) is 10.3 Å². The zero-order valence-corrected chi connectivity index (χ0v) is 16.2. The van der Waals surface area contributed by atoms with E-state index >= 15 is 0 Å². The number of carbonyl (C=O) groups excluding carboxylic acids is 1. The third-order valence-electron chi connectivity index (χ3n) is 5.05. The first-order chi connectivity index (χ1) is 15.0. The van der Waals surface area contributed by atoms with Crippen molar-refractivity contribution >= 4 is 16.8 Å². The van der Waals surface area contributed by atoms with Gasteiger partial charge in [-0.1, -0.05) is 60.7 Å². The molecular formula is C24H18F2N2O3. The second-order valence-electron chi connectivity index (χ2n) is 7.06. The number of aromatic amines is 1. The van der Waals surface area contributed by atoms with E-state index in [4.69, 9.17) is 0 Å². The largest absolute Gasteiger partial charge is 0.386 e. The molecule has 1 amide bonds. The fourth-order valence-corrected chi connectivity index (χ4v) is 3.49. The Bertz CT molecular complexity index is 1290. The number of aromatic nitrogens is 1. The van der Waals surface area contributed by atoms with Crippen molar-refractivity contribution in [2.75, 3.05) is 0 Å². The third-order valence-corrected chi connectivity index (χ3v) is 5.05. The molecule has 1 heterocycles. The lowest BCUT2D eigenvalue weighted by molar-refractivity contribution is 0.0830. The number of H-pyrrole nitrogens is 1. The lowest BCUT2D eigenvalue weighted by Gasteiger charge is -2.25. The summed E-state index contributed by atoms with van der Waals surface area (Å²) >= 11 is 0. The molecule has 4 aromatic rings. The summed E-state index contributed by atoms with van der Waals surface area (Å²) in [6, 6.07) is 18.3. The minimum Gasteiger partial charge on any atom is -0.386 e. The summed E-state index contributed by atoms with van der Waals surface area (Å²) in [5, 5.41) is 13.4. The van der Waals surface area contributed by atoms with Crippen molar-refractivity contribution in [3.8, 4) is 0 Å². The van der Waals surface area contributed by atoms with E-state index in [1.54, 1.807) is 60.7 Å². The minimum absolute atomic E-state index is 0.188. The molecule has 0 radical (unpaired) electrons. The number of aliphatic hydroxyl groups is 1. The van der Waals surface area contributed by atoms with Gasteiger partial charge in [-0.15, -0.1) is 0 Å². The van der Waals surface area contributed by atoms with Crippen LogP contribution in [0.3, 0.4) is 0 Å². The Morgan fingerprint density at radius 1 is 0.935 bits per heavy atom. The Morgan fingerprint density at radius 2 is 1.55 bits per heavy atom. The smallest absolute Gasteiger partial charge is 0.257 e. The molecule has 4 rings (SSSR count). The van der Waals surface area contributed by atoms with Crippen molar-refractivity contribution in [3.63, 3.8) is 0 Å². The normalized spacial score (nSPS) is 13.0. The van der Waals surface area contributed by atoms with Crippen molar-refractivity contribution in [2.24, 2.45) is 0 Å². The van der Waals surface area contributed by atoms with Gasteiger partial charge in [0.25, 0.3) is 5.91 Å². The van der Waals surface area contributed by atoms with Gasteiger partial charge in [-0.3, -0.25) is 9.59 Å². The van der Waals surface area contributed by atoms with Gasteiger partial charge in [0.15, 0.2) is 0 Å². The topological polar surface area (TPSA) is 82.2 Å². The van der Waals surface area contributed by atoms with Crippen LogP contribution in [0.5, 0.6) is 0 Å². The van der Waals surface area contributed by atoms with Crippen LogP contribution in [0.2, 0.25) is 0 Å². The fraction of sp³-hybridized carbons (Fsp3) is 0.0833. The van der Waals surface area contributed by atoms with Crippen molar-refractivity contribution in [3.05, 3.63) is 118 Å². The molecule has 0 aliphatic carbocycles. The molecule has 0 bridgehead atoms. The minimum atomic E-state index is -1.10. The summed E-state index contributed by atoms with van der Waals surface area (Å²) in [6.45, 7) is 0. The second-order valence-corrected chi connectivity index (χ2v) is 7.06. The van der Waals surface area contributed by atoms with Gasteiger partial charge in [0.2, 0.25) is 5.43 Å². The predicted octanol–water partition coefficient (Wildman–Crippen LogP) is 4.01. The maximum absolute atomic E-state index is 13.9. The number of nitrogens with one attached hydrogen (secondary N) is 2. The van der Waals surface area contributed by atoms with Gasteiger partial charge in [0.05, 0.1) is 16.9 Å². The number of hydrogen-bond donors (Lipinski definition) is 3. The maximum atomic E-state index is 13.9. The second kappa shape index (κ2) is 8.49. The number of benzene rings is 3. The van der Waals surface area contributed by atoms with Crippen LogP contribution in [0.4, 0.5) is 8.78 Å². The summed E-state index contributed by atoms with van der Waals surface area (Å²) in [7, 11) is 0. The summed E-state index contributed by atoms with van der Waals surface area (Å²) in [6.07, 6.45) is -0.0141. The van der Waals surface area contributed by atoms with E-state index in [2.05, 4.69) is 10.3 Å². The number of aliphatic hydroxyl groups excluding tert-OH is 1. The van der Waals surface area contributed by atoms with Crippen LogP contribution in [0.15, 0.2) is 83.8 Å². The first-order valence-electron chi connectivity index (χ1n) is 9.55. The number of pyridine rings is 1. The standard InChI is InChI=1S/C24H18F2N2O3/c25-16-11-17-21(19(26)12-16)27-13-18(23(17)30)24(31)28-20(14-7-3-1-4-8-14)22(29)15-9-5-2-6-10-15/h1-13,20,22,29H,(H,27,30)(H,28,31)/t20-,22+/m1/s1. The van der Waals surface area contributed by atoms with Gasteiger partial charge >= 0.3 is 0 Å². The molecule has 5 nitrogen and oxygen atoms in total. The molecule has 0 unspecified atom stereocenters. The van der Waals surface area contributed by atoms with Crippen molar-refractivity contribution < 1.29 is 18.7 Å². The number of halogens is 2. The molecule has 0 aliphatic heterocycles.